The highest BCUT2D eigenvalue weighted by Crippen LogP contribution is 2.34. The third-order valence-corrected chi connectivity index (χ3v) is 2.91. The average Bonchev–Trinajstić information content (AvgIpc) is 2.17. The molecule has 0 aliphatic carbocycles. The number of hydrogen-bond acceptors (Lipinski definition) is 2. The Kier molecular flexibility index (Phi) is 4.33. The number of rotatable bonds is 4. The quantitative estimate of drug-likeness (QED) is 0.784. The van der Waals surface area contributed by atoms with Crippen molar-refractivity contribution < 1.29 is 9.53 Å². The number of aldehydes is 1. The summed E-state index contributed by atoms with van der Waals surface area (Å²) in [6.45, 7) is 4.03. The van der Waals surface area contributed by atoms with Crippen LogP contribution in [-0.2, 0) is 4.79 Å². The molecule has 1 rings (SSSR count). The maximum absolute atomic E-state index is 10.5. The second-order valence-electron chi connectivity index (χ2n) is 3.65. The molecule has 0 radical (unpaired) electrons. The fourth-order valence-electron chi connectivity index (χ4n) is 1.67. The number of methoxy groups -OCH3 is 1. The summed E-state index contributed by atoms with van der Waals surface area (Å²) in [6, 6.07) is 4.02. The summed E-state index contributed by atoms with van der Waals surface area (Å²) in [5, 5.41) is 0. The molecule has 1 atom stereocenters. The number of carbonyl (C=O) groups excluding carboxylic acids is 1. The van der Waals surface area contributed by atoms with Crippen LogP contribution in [0.2, 0.25) is 0 Å². The van der Waals surface area contributed by atoms with E-state index in [0.29, 0.717) is 6.42 Å². The Morgan fingerprint density at radius 3 is 2.73 bits per heavy atom. The van der Waals surface area contributed by atoms with Gasteiger partial charge in [0.1, 0.15) is 12.0 Å². The Labute approximate surface area is 98.8 Å². The number of halogens is 1. The maximum Gasteiger partial charge on any atom is 0.125 e. The fraction of sp³-hybridized carbons (Fsp3) is 0.417. The summed E-state index contributed by atoms with van der Waals surface area (Å²) in [5.41, 5.74) is 2.16. The van der Waals surface area contributed by atoms with E-state index in [1.54, 1.807) is 7.11 Å². The van der Waals surface area contributed by atoms with Crippen molar-refractivity contribution in [3.05, 3.63) is 27.7 Å². The van der Waals surface area contributed by atoms with Gasteiger partial charge in [-0.25, -0.2) is 0 Å². The van der Waals surface area contributed by atoms with Gasteiger partial charge in [-0.3, -0.25) is 0 Å². The lowest BCUT2D eigenvalue weighted by atomic mass is 9.95. The normalized spacial score (nSPS) is 12.3. The summed E-state index contributed by atoms with van der Waals surface area (Å²) in [7, 11) is 1.66. The summed E-state index contributed by atoms with van der Waals surface area (Å²) in [4.78, 5) is 10.5. The fourth-order valence-corrected chi connectivity index (χ4v) is 2.26. The van der Waals surface area contributed by atoms with Gasteiger partial charge in [-0.2, -0.15) is 0 Å². The predicted molar refractivity (Wildman–Crippen MR) is 64.5 cm³/mol. The molecule has 1 aromatic rings. The van der Waals surface area contributed by atoms with Gasteiger partial charge in [0.05, 0.1) is 7.11 Å². The Hall–Kier alpha value is -0.830. The number of benzene rings is 1. The smallest absolute Gasteiger partial charge is 0.125 e. The first-order valence-electron chi connectivity index (χ1n) is 4.87. The Bertz CT molecular complexity index is 361. The molecule has 0 N–H and O–H groups in total. The molecule has 0 heterocycles. The maximum atomic E-state index is 10.5. The number of ether oxygens (including phenoxy) is 1. The topological polar surface area (TPSA) is 26.3 Å². The van der Waals surface area contributed by atoms with E-state index >= 15 is 0 Å². The van der Waals surface area contributed by atoms with Crippen LogP contribution in [0.3, 0.4) is 0 Å². The molecule has 0 bridgehead atoms. The average molecular weight is 271 g/mol. The van der Waals surface area contributed by atoms with Gasteiger partial charge in [0.2, 0.25) is 0 Å². The van der Waals surface area contributed by atoms with Crippen LogP contribution in [0.25, 0.3) is 0 Å². The molecule has 0 aliphatic heterocycles. The Morgan fingerprint density at radius 2 is 2.20 bits per heavy atom. The number of aryl methyl sites for hydroxylation is 1. The molecule has 2 nitrogen and oxygen atoms in total. The molecular formula is C12H15BrO2. The Balaban J connectivity index is 3.19. The highest BCUT2D eigenvalue weighted by Gasteiger charge is 2.14. The van der Waals surface area contributed by atoms with Crippen LogP contribution in [-0.4, -0.2) is 13.4 Å². The van der Waals surface area contributed by atoms with Crippen molar-refractivity contribution in [3.63, 3.8) is 0 Å². The molecule has 0 spiro atoms. The third kappa shape index (κ3) is 2.81. The van der Waals surface area contributed by atoms with E-state index < -0.39 is 0 Å². The van der Waals surface area contributed by atoms with Crippen molar-refractivity contribution in [1.29, 1.82) is 0 Å². The zero-order valence-corrected chi connectivity index (χ0v) is 10.8. The second-order valence-corrected chi connectivity index (χ2v) is 4.56. The van der Waals surface area contributed by atoms with Crippen LogP contribution >= 0.6 is 15.9 Å². The van der Waals surface area contributed by atoms with Gasteiger partial charge in [-0.15, -0.1) is 0 Å². The second kappa shape index (κ2) is 5.31. The van der Waals surface area contributed by atoms with Gasteiger partial charge in [0.25, 0.3) is 0 Å². The van der Waals surface area contributed by atoms with Crippen LogP contribution in [0.5, 0.6) is 5.75 Å². The van der Waals surface area contributed by atoms with E-state index in [1.165, 1.54) is 0 Å². The van der Waals surface area contributed by atoms with E-state index in [1.807, 2.05) is 26.0 Å². The standard InChI is InChI=1S/C12H15BrO2/c1-8(4-5-14)11-7-10(13)6-9(2)12(11)15-3/h5-8H,4H2,1-3H3. The van der Waals surface area contributed by atoms with Crippen molar-refractivity contribution in [2.45, 2.75) is 26.2 Å². The van der Waals surface area contributed by atoms with Gasteiger partial charge in [0, 0.05) is 10.9 Å². The lowest BCUT2D eigenvalue weighted by molar-refractivity contribution is -0.108. The molecule has 1 unspecified atom stereocenters. The molecule has 82 valence electrons. The molecule has 0 aromatic heterocycles. The van der Waals surface area contributed by atoms with Gasteiger partial charge in [0.15, 0.2) is 0 Å². The van der Waals surface area contributed by atoms with Crippen LogP contribution in [0, 0.1) is 6.92 Å². The lowest BCUT2D eigenvalue weighted by Crippen LogP contribution is -2.00. The molecule has 15 heavy (non-hydrogen) atoms. The van der Waals surface area contributed by atoms with Crippen LogP contribution in [0.15, 0.2) is 16.6 Å². The molecule has 1 aromatic carbocycles. The van der Waals surface area contributed by atoms with E-state index in [2.05, 4.69) is 15.9 Å². The number of hydrogen-bond donors (Lipinski definition) is 0. The molecule has 0 amide bonds. The summed E-state index contributed by atoms with van der Waals surface area (Å²) in [5.74, 6) is 1.07. The van der Waals surface area contributed by atoms with Crippen LogP contribution < -0.4 is 4.74 Å². The number of carbonyl (C=O) groups is 1. The molecule has 0 aliphatic rings. The van der Waals surface area contributed by atoms with Gasteiger partial charge < -0.3 is 9.53 Å². The summed E-state index contributed by atoms with van der Waals surface area (Å²) in [6.07, 6.45) is 1.46. The first-order chi connectivity index (χ1) is 7.10. The van der Waals surface area contributed by atoms with Crippen molar-refractivity contribution in [2.75, 3.05) is 7.11 Å². The third-order valence-electron chi connectivity index (χ3n) is 2.45. The zero-order chi connectivity index (χ0) is 11.4. The summed E-state index contributed by atoms with van der Waals surface area (Å²) < 4.78 is 6.38. The first-order valence-corrected chi connectivity index (χ1v) is 5.67. The molecule has 3 heteroatoms. The van der Waals surface area contributed by atoms with E-state index in [0.717, 1.165) is 27.6 Å². The van der Waals surface area contributed by atoms with Crippen LogP contribution in [0.4, 0.5) is 0 Å². The molecular weight excluding hydrogens is 256 g/mol. The lowest BCUT2D eigenvalue weighted by Gasteiger charge is -2.16. The minimum absolute atomic E-state index is 0.189. The van der Waals surface area contributed by atoms with Gasteiger partial charge >= 0.3 is 0 Å². The minimum atomic E-state index is 0.189. The first kappa shape index (κ1) is 12.2. The molecule has 0 fully saturated rings. The summed E-state index contributed by atoms with van der Waals surface area (Å²) >= 11 is 3.45. The van der Waals surface area contributed by atoms with Crippen molar-refractivity contribution in [1.82, 2.24) is 0 Å². The minimum Gasteiger partial charge on any atom is -0.496 e. The van der Waals surface area contributed by atoms with E-state index in [4.69, 9.17) is 4.74 Å². The predicted octanol–water partition coefficient (Wildman–Crippen LogP) is 3.46. The highest BCUT2D eigenvalue weighted by molar-refractivity contribution is 9.10. The molecule has 0 saturated heterocycles. The van der Waals surface area contributed by atoms with Gasteiger partial charge in [-0.1, -0.05) is 22.9 Å². The monoisotopic (exact) mass is 270 g/mol. The van der Waals surface area contributed by atoms with Crippen molar-refractivity contribution in [2.24, 2.45) is 0 Å². The highest BCUT2D eigenvalue weighted by atomic mass is 79.9. The van der Waals surface area contributed by atoms with E-state index in [9.17, 15) is 4.79 Å². The van der Waals surface area contributed by atoms with Crippen molar-refractivity contribution in [3.8, 4) is 5.75 Å². The Morgan fingerprint density at radius 1 is 1.53 bits per heavy atom. The van der Waals surface area contributed by atoms with E-state index in [-0.39, 0.29) is 5.92 Å². The zero-order valence-electron chi connectivity index (χ0n) is 9.21. The van der Waals surface area contributed by atoms with Gasteiger partial charge in [-0.05, 0) is 36.1 Å². The largest absolute Gasteiger partial charge is 0.496 e. The van der Waals surface area contributed by atoms with Crippen molar-refractivity contribution >= 4 is 22.2 Å². The van der Waals surface area contributed by atoms with Crippen LogP contribution in [0.1, 0.15) is 30.4 Å². The molecule has 0 saturated carbocycles. The SMILES string of the molecule is COc1c(C)cc(Br)cc1C(C)CC=O.